The molecule has 2 heterocycles. The van der Waals surface area contributed by atoms with E-state index in [1.807, 2.05) is 25.7 Å². The molecular weight excluding hydrogens is 230 g/mol. The van der Waals surface area contributed by atoms with E-state index in [0.717, 1.165) is 39.1 Å². The zero-order valence-corrected chi connectivity index (χ0v) is 12.0. The zero-order valence-electron chi connectivity index (χ0n) is 12.0. The summed E-state index contributed by atoms with van der Waals surface area (Å²) in [7, 11) is 2.15. The first kappa shape index (κ1) is 13.6. The zero-order chi connectivity index (χ0) is 13.4. The van der Waals surface area contributed by atoms with Gasteiger partial charge in [0.25, 0.3) is 0 Å². The number of nitrogens with one attached hydrogen (secondary N) is 1. The van der Waals surface area contributed by atoms with E-state index in [1.54, 1.807) is 0 Å². The fourth-order valence-corrected chi connectivity index (χ4v) is 2.74. The van der Waals surface area contributed by atoms with Gasteiger partial charge in [0, 0.05) is 26.2 Å². The number of hydrogen-bond donors (Lipinski definition) is 1. The van der Waals surface area contributed by atoms with Crippen LogP contribution in [0.2, 0.25) is 0 Å². The molecule has 0 bridgehead atoms. The fraction of sp³-hybridized carbons (Fsp3) is 0.923. The van der Waals surface area contributed by atoms with Gasteiger partial charge in [-0.15, -0.1) is 0 Å². The Morgan fingerprint density at radius 3 is 2.61 bits per heavy atom. The molecule has 0 aromatic heterocycles. The number of carbonyl (C=O) groups is 1. The van der Waals surface area contributed by atoms with Crippen LogP contribution in [0.3, 0.4) is 0 Å². The first-order chi connectivity index (χ1) is 8.32. The highest BCUT2D eigenvalue weighted by Crippen LogP contribution is 2.27. The predicted octanol–water partition coefficient (Wildman–Crippen LogP) is 0.901. The Labute approximate surface area is 109 Å². The molecule has 2 saturated heterocycles. The van der Waals surface area contributed by atoms with Crippen molar-refractivity contribution in [3.05, 3.63) is 0 Å². The summed E-state index contributed by atoms with van der Waals surface area (Å²) in [6, 6.07) is 0. The van der Waals surface area contributed by atoms with Crippen LogP contribution >= 0.6 is 0 Å². The monoisotopic (exact) mass is 255 g/mol. The summed E-state index contributed by atoms with van der Waals surface area (Å²) in [4.78, 5) is 16.4. The van der Waals surface area contributed by atoms with Crippen molar-refractivity contribution in [2.45, 2.75) is 38.3 Å². The molecule has 0 aliphatic carbocycles. The number of piperazine rings is 1. The molecule has 0 saturated carbocycles. The minimum Gasteiger partial charge on any atom is -0.444 e. The Hall–Kier alpha value is -0.810. The van der Waals surface area contributed by atoms with Gasteiger partial charge in [0.05, 0.1) is 5.54 Å². The molecule has 1 spiro atoms. The first-order valence-corrected chi connectivity index (χ1v) is 6.72. The predicted molar refractivity (Wildman–Crippen MR) is 70.7 cm³/mol. The molecule has 1 atom stereocenters. The van der Waals surface area contributed by atoms with Gasteiger partial charge in [-0.3, -0.25) is 4.90 Å². The van der Waals surface area contributed by atoms with E-state index in [0.29, 0.717) is 0 Å². The van der Waals surface area contributed by atoms with Crippen LogP contribution in [-0.2, 0) is 4.74 Å². The summed E-state index contributed by atoms with van der Waals surface area (Å²) in [6.07, 6.45) is 0.921. The third-order valence-corrected chi connectivity index (χ3v) is 3.87. The van der Waals surface area contributed by atoms with Crippen molar-refractivity contribution in [3.8, 4) is 0 Å². The second-order valence-electron chi connectivity index (χ2n) is 6.47. The Morgan fingerprint density at radius 2 is 2.06 bits per heavy atom. The summed E-state index contributed by atoms with van der Waals surface area (Å²) in [5.41, 5.74) is -0.309. The average Bonchev–Trinajstić information content (AvgIpc) is 2.69. The van der Waals surface area contributed by atoms with E-state index >= 15 is 0 Å². The minimum atomic E-state index is -0.415. The van der Waals surface area contributed by atoms with Crippen molar-refractivity contribution in [2.24, 2.45) is 0 Å². The Balaban J connectivity index is 2.01. The molecule has 1 unspecified atom stereocenters. The fourth-order valence-electron chi connectivity index (χ4n) is 2.74. The smallest absolute Gasteiger partial charge is 0.410 e. The van der Waals surface area contributed by atoms with Gasteiger partial charge in [0.2, 0.25) is 0 Å². The Bertz CT molecular complexity index is 319. The molecule has 2 aliphatic rings. The van der Waals surface area contributed by atoms with Crippen molar-refractivity contribution in [1.82, 2.24) is 15.1 Å². The van der Waals surface area contributed by atoms with Crippen LogP contribution in [0, 0.1) is 0 Å². The molecule has 0 radical (unpaired) electrons. The first-order valence-electron chi connectivity index (χ1n) is 6.72. The largest absolute Gasteiger partial charge is 0.444 e. The van der Waals surface area contributed by atoms with Gasteiger partial charge in [-0.2, -0.15) is 0 Å². The maximum atomic E-state index is 12.1. The number of nitrogens with zero attached hydrogens (tertiary/aromatic N) is 2. The highest BCUT2D eigenvalue weighted by molar-refractivity contribution is 5.68. The van der Waals surface area contributed by atoms with Crippen molar-refractivity contribution in [3.63, 3.8) is 0 Å². The lowest BCUT2D eigenvalue weighted by molar-refractivity contribution is -0.0118. The lowest BCUT2D eigenvalue weighted by Crippen LogP contribution is -2.63. The number of amides is 1. The SMILES string of the molecule is CN1CCN(C(=O)OC(C)(C)C)CC12CCNC2. The third-order valence-electron chi connectivity index (χ3n) is 3.87. The molecular formula is C13H25N3O2. The van der Waals surface area contributed by atoms with Crippen molar-refractivity contribution < 1.29 is 9.53 Å². The van der Waals surface area contributed by atoms with E-state index < -0.39 is 5.60 Å². The molecule has 5 nitrogen and oxygen atoms in total. The lowest BCUT2D eigenvalue weighted by Gasteiger charge is -2.46. The molecule has 0 aromatic carbocycles. The van der Waals surface area contributed by atoms with E-state index in [1.165, 1.54) is 0 Å². The van der Waals surface area contributed by atoms with E-state index in [2.05, 4.69) is 17.3 Å². The molecule has 1 N–H and O–H groups in total. The molecule has 1 amide bonds. The number of likely N-dealkylation sites (N-methyl/N-ethyl adjacent to an activating group) is 1. The normalized spacial score (nSPS) is 29.9. The molecule has 18 heavy (non-hydrogen) atoms. The maximum absolute atomic E-state index is 12.1. The average molecular weight is 255 g/mol. The van der Waals surface area contributed by atoms with Crippen LogP contribution < -0.4 is 5.32 Å². The lowest BCUT2D eigenvalue weighted by atomic mass is 9.93. The molecule has 2 fully saturated rings. The second-order valence-corrected chi connectivity index (χ2v) is 6.47. The van der Waals surface area contributed by atoms with Crippen LogP contribution in [0.5, 0.6) is 0 Å². The highest BCUT2D eigenvalue weighted by atomic mass is 16.6. The van der Waals surface area contributed by atoms with Gasteiger partial charge in [-0.05, 0) is 40.8 Å². The summed E-state index contributed by atoms with van der Waals surface area (Å²) in [6.45, 7) is 10.2. The quantitative estimate of drug-likeness (QED) is 0.698. The van der Waals surface area contributed by atoms with Gasteiger partial charge in [0.1, 0.15) is 5.60 Å². The topological polar surface area (TPSA) is 44.8 Å². The van der Waals surface area contributed by atoms with Crippen molar-refractivity contribution >= 4 is 6.09 Å². The second kappa shape index (κ2) is 4.70. The third kappa shape index (κ3) is 2.78. The highest BCUT2D eigenvalue weighted by Gasteiger charge is 2.43. The van der Waals surface area contributed by atoms with Gasteiger partial charge >= 0.3 is 6.09 Å². The van der Waals surface area contributed by atoms with Gasteiger partial charge in [0.15, 0.2) is 0 Å². The van der Waals surface area contributed by atoms with Crippen LogP contribution in [0.1, 0.15) is 27.2 Å². The summed E-state index contributed by atoms with van der Waals surface area (Å²) in [5, 5.41) is 3.40. The van der Waals surface area contributed by atoms with E-state index in [9.17, 15) is 4.79 Å². The molecule has 2 aliphatic heterocycles. The molecule has 0 aromatic rings. The Morgan fingerprint density at radius 1 is 1.33 bits per heavy atom. The van der Waals surface area contributed by atoms with Crippen molar-refractivity contribution in [2.75, 3.05) is 39.8 Å². The molecule has 104 valence electrons. The summed E-state index contributed by atoms with van der Waals surface area (Å²) in [5.74, 6) is 0. The van der Waals surface area contributed by atoms with Crippen LogP contribution in [0.4, 0.5) is 4.79 Å². The summed E-state index contributed by atoms with van der Waals surface area (Å²) >= 11 is 0. The number of carbonyl (C=O) groups excluding carboxylic acids is 1. The summed E-state index contributed by atoms with van der Waals surface area (Å²) < 4.78 is 5.46. The van der Waals surface area contributed by atoms with Gasteiger partial charge in [-0.1, -0.05) is 0 Å². The van der Waals surface area contributed by atoms with E-state index in [-0.39, 0.29) is 11.6 Å². The van der Waals surface area contributed by atoms with Crippen molar-refractivity contribution in [1.29, 1.82) is 0 Å². The van der Waals surface area contributed by atoms with Gasteiger partial charge < -0.3 is 15.0 Å². The van der Waals surface area contributed by atoms with Crippen LogP contribution in [0.25, 0.3) is 0 Å². The minimum absolute atomic E-state index is 0.106. The number of hydrogen-bond acceptors (Lipinski definition) is 4. The number of ether oxygens (including phenoxy) is 1. The van der Waals surface area contributed by atoms with Crippen LogP contribution in [-0.4, -0.2) is 66.8 Å². The number of rotatable bonds is 0. The Kier molecular flexibility index (Phi) is 3.56. The molecule has 5 heteroatoms. The maximum Gasteiger partial charge on any atom is 0.410 e. The standard InChI is InChI=1S/C13H25N3O2/c1-12(2,3)18-11(17)16-8-7-15(4)13(10-16)5-6-14-9-13/h14H,5-10H2,1-4H3. The van der Waals surface area contributed by atoms with E-state index in [4.69, 9.17) is 4.74 Å². The van der Waals surface area contributed by atoms with Gasteiger partial charge in [-0.25, -0.2) is 4.79 Å². The molecule has 2 rings (SSSR count). The van der Waals surface area contributed by atoms with Crippen LogP contribution in [0.15, 0.2) is 0 Å².